The average Bonchev–Trinajstić information content (AvgIpc) is 2.62. The first-order valence-electron chi connectivity index (χ1n) is 3.61. The summed E-state index contributed by atoms with van der Waals surface area (Å²) in [7, 11) is 0. The molecular formula is C6H6N4S2Sn+2. The van der Waals surface area contributed by atoms with Crippen LogP contribution in [0.15, 0.2) is 0 Å². The molecule has 0 amide bonds. The Kier molecular flexibility index (Phi) is 2.89. The van der Waals surface area contributed by atoms with E-state index >= 15 is 0 Å². The Labute approximate surface area is 93.7 Å². The fourth-order valence-corrected chi connectivity index (χ4v) is 8.00. The van der Waals surface area contributed by atoms with Gasteiger partial charge in [0.2, 0.25) is 0 Å². The number of nitrogens with zero attached hydrogens (tertiary/aromatic N) is 4. The summed E-state index contributed by atoms with van der Waals surface area (Å²) in [5.41, 5.74) is 0. The van der Waals surface area contributed by atoms with Gasteiger partial charge in [0, 0.05) is 0 Å². The summed E-state index contributed by atoms with van der Waals surface area (Å²) in [5, 5.41) is 18.3. The van der Waals surface area contributed by atoms with Crippen molar-refractivity contribution in [3.05, 3.63) is 10.0 Å². The van der Waals surface area contributed by atoms with Crippen molar-refractivity contribution in [1.82, 2.24) is 20.4 Å². The molecule has 0 aromatic carbocycles. The standard InChI is InChI=1S/2C3H3N2S.Sn/c2*1-3-5-4-2-6-3;/h2*1H3;/q;;+2. The Morgan fingerprint density at radius 1 is 0.846 bits per heavy atom. The molecular weight excluding hydrogens is 311 g/mol. The number of aromatic nitrogens is 4. The van der Waals surface area contributed by atoms with Gasteiger partial charge in [0.15, 0.2) is 0 Å². The molecule has 0 unspecified atom stereocenters. The molecule has 0 aliphatic rings. The summed E-state index contributed by atoms with van der Waals surface area (Å²) < 4.78 is 2.36. The Balaban J connectivity index is 2.14. The quantitative estimate of drug-likeness (QED) is 0.712. The Bertz CT molecular complexity index is 372. The zero-order chi connectivity index (χ0) is 9.26. The molecule has 2 heterocycles. The van der Waals surface area contributed by atoms with Crippen LogP contribution >= 0.6 is 22.7 Å². The molecule has 64 valence electrons. The number of hydrogen-bond acceptors (Lipinski definition) is 6. The predicted octanol–water partition coefficient (Wildman–Crippen LogP) is -0.339. The van der Waals surface area contributed by atoms with E-state index in [1.807, 2.05) is 13.8 Å². The first-order chi connectivity index (χ1) is 6.24. The molecule has 0 fully saturated rings. The Hall–Kier alpha value is -0.0813. The van der Waals surface area contributed by atoms with Crippen LogP contribution in [0.4, 0.5) is 0 Å². The summed E-state index contributed by atoms with van der Waals surface area (Å²) in [6.07, 6.45) is 0. The zero-order valence-electron chi connectivity index (χ0n) is 7.11. The fraction of sp³-hybridized carbons (Fsp3) is 0.333. The van der Waals surface area contributed by atoms with Crippen LogP contribution in [0.3, 0.4) is 0 Å². The monoisotopic (exact) mass is 318 g/mol. The Morgan fingerprint density at radius 3 is 1.62 bits per heavy atom. The fourth-order valence-electron chi connectivity index (χ4n) is 0.786. The van der Waals surface area contributed by atoms with Crippen molar-refractivity contribution >= 4 is 49.9 Å². The van der Waals surface area contributed by atoms with Crippen molar-refractivity contribution in [3.8, 4) is 0 Å². The van der Waals surface area contributed by atoms with Gasteiger partial charge in [0.05, 0.1) is 0 Å². The van der Waals surface area contributed by atoms with Gasteiger partial charge in [-0.2, -0.15) is 0 Å². The van der Waals surface area contributed by atoms with Crippen molar-refractivity contribution < 1.29 is 0 Å². The van der Waals surface area contributed by atoms with Crippen LogP contribution < -0.4 is 6.05 Å². The molecule has 0 aliphatic heterocycles. The van der Waals surface area contributed by atoms with Crippen LogP contribution in [0.5, 0.6) is 0 Å². The molecule has 0 aliphatic carbocycles. The second kappa shape index (κ2) is 3.97. The van der Waals surface area contributed by atoms with Gasteiger partial charge >= 0.3 is 94.1 Å². The minimum absolute atomic E-state index is 0.786. The van der Waals surface area contributed by atoms with Gasteiger partial charge in [0.1, 0.15) is 0 Å². The van der Waals surface area contributed by atoms with Crippen LogP contribution in [0.1, 0.15) is 10.0 Å². The number of rotatable bonds is 2. The van der Waals surface area contributed by atoms with Crippen molar-refractivity contribution in [1.29, 1.82) is 0 Å². The molecule has 0 N–H and O–H groups in total. The zero-order valence-corrected chi connectivity index (χ0v) is 11.6. The van der Waals surface area contributed by atoms with E-state index in [0.29, 0.717) is 0 Å². The third-order valence-corrected chi connectivity index (χ3v) is 7.48. The molecule has 0 saturated heterocycles. The Morgan fingerprint density at radius 2 is 1.31 bits per heavy atom. The molecule has 2 aromatic rings. The molecule has 7 heteroatoms. The van der Waals surface area contributed by atoms with E-state index in [0.717, 1.165) is 10.0 Å². The molecule has 0 saturated carbocycles. The van der Waals surface area contributed by atoms with Crippen LogP contribution in [0.25, 0.3) is 0 Å². The molecule has 0 bridgehead atoms. The topological polar surface area (TPSA) is 51.6 Å². The minimum atomic E-state index is -0.786. The van der Waals surface area contributed by atoms with E-state index in [4.69, 9.17) is 0 Å². The first-order valence-corrected chi connectivity index (χ1v) is 8.10. The van der Waals surface area contributed by atoms with Gasteiger partial charge in [-0.15, -0.1) is 0 Å². The van der Waals surface area contributed by atoms with E-state index in [-0.39, 0.29) is 0 Å². The van der Waals surface area contributed by atoms with E-state index in [1.165, 1.54) is 6.05 Å². The molecule has 13 heavy (non-hydrogen) atoms. The van der Waals surface area contributed by atoms with Gasteiger partial charge in [-0.05, 0) is 0 Å². The number of aryl methyl sites for hydroxylation is 2. The van der Waals surface area contributed by atoms with Crippen LogP contribution in [-0.4, -0.2) is 41.5 Å². The maximum absolute atomic E-state index is 4.10. The van der Waals surface area contributed by atoms with Crippen molar-refractivity contribution in [2.75, 3.05) is 0 Å². The first kappa shape index (κ1) is 9.47. The van der Waals surface area contributed by atoms with Crippen molar-refractivity contribution in [3.63, 3.8) is 0 Å². The molecule has 2 aromatic heterocycles. The van der Waals surface area contributed by atoms with Crippen molar-refractivity contribution in [2.24, 2.45) is 0 Å². The van der Waals surface area contributed by atoms with Crippen LogP contribution in [0.2, 0.25) is 0 Å². The molecule has 0 radical (unpaired) electrons. The maximum atomic E-state index is 4.10. The average molecular weight is 317 g/mol. The molecule has 4 nitrogen and oxygen atoms in total. The summed E-state index contributed by atoms with van der Waals surface area (Å²) >= 11 is 2.58. The molecule has 0 spiro atoms. The summed E-state index contributed by atoms with van der Waals surface area (Å²) in [5.74, 6) is 0. The molecule has 2 rings (SSSR count). The van der Waals surface area contributed by atoms with E-state index in [2.05, 4.69) is 20.4 Å². The summed E-state index contributed by atoms with van der Waals surface area (Å²) in [6.45, 7) is 3.96. The third-order valence-electron chi connectivity index (χ3n) is 1.27. The second-order valence-electron chi connectivity index (χ2n) is 2.38. The van der Waals surface area contributed by atoms with Gasteiger partial charge in [-0.3, -0.25) is 0 Å². The summed E-state index contributed by atoms with van der Waals surface area (Å²) in [4.78, 5) is 0. The van der Waals surface area contributed by atoms with Crippen LogP contribution in [-0.2, 0) is 0 Å². The van der Waals surface area contributed by atoms with Crippen LogP contribution in [0, 0.1) is 13.8 Å². The molecule has 0 atom stereocenters. The predicted molar refractivity (Wildman–Crippen MR) is 54.3 cm³/mol. The normalized spacial score (nSPS) is 10.0. The van der Waals surface area contributed by atoms with Crippen molar-refractivity contribution in [2.45, 2.75) is 13.8 Å². The van der Waals surface area contributed by atoms with Gasteiger partial charge in [0.25, 0.3) is 0 Å². The SMILES string of the molecule is Cc1nn[c]([Sn+2][c]2nnc(C)s2)s1. The van der Waals surface area contributed by atoms with Gasteiger partial charge in [-0.1, -0.05) is 0 Å². The second-order valence-corrected chi connectivity index (χ2v) is 10.2. The van der Waals surface area contributed by atoms with E-state index < -0.39 is 21.1 Å². The third kappa shape index (κ3) is 2.44. The van der Waals surface area contributed by atoms with Gasteiger partial charge in [-0.25, -0.2) is 0 Å². The summed E-state index contributed by atoms with van der Waals surface area (Å²) in [6, 6.07) is 0. The van der Waals surface area contributed by atoms with Gasteiger partial charge < -0.3 is 0 Å². The number of hydrogen-bond donors (Lipinski definition) is 0. The van der Waals surface area contributed by atoms with E-state index in [9.17, 15) is 0 Å². The van der Waals surface area contributed by atoms with E-state index in [1.54, 1.807) is 22.7 Å².